The van der Waals surface area contributed by atoms with Crippen molar-refractivity contribution in [1.29, 1.82) is 0 Å². The molecule has 0 atom stereocenters. The van der Waals surface area contributed by atoms with E-state index in [9.17, 15) is 0 Å². The van der Waals surface area contributed by atoms with Crippen LogP contribution in [-0.4, -0.2) is 46.5 Å². The van der Waals surface area contributed by atoms with Gasteiger partial charge in [0.05, 0.1) is 0 Å². The van der Waals surface area contributed by atoms with E-state index >= 15 is 0 Å². The summed E-state index contributed by atoms with van der Waals surface area (Å²) in [7, 11) is -16.6. The topological polar surface area (TPSA) is 291 Å². The first kappa shape index (κ1) is 87.3. The average Bonchev–Trinajstić information content (AvgIpc) is 2.26. The third kappa shape index (κ3) is 302. The molecule has 0 rings (SSSR count). The van der Waals surface area contributed by atoms with Gasteiger partial charge < -0.3 is 68.1 Å². The van der Waals surface area contributed by atoms with E-state index in [-0.39, 0.29) is 411 Å². The minimum absolute atomic E-state index is 0. The van der Waals surface area contributed by atoms with Crippen molar-refractivity contribution in [2.75, 3.05) is 39.7 Å². The number of nitrogens with two attached hydrogens (primary N) is 1. The first-order valence-corrected chi connectivity index (χ1v) is 15.0. The van der Waals surface area contributed by atoms with Gasteiger partial charge in [0.1, 0.15) is 0 Å². The number of nitrogens with zero attached hydrogens (tertiary/aromatic N) is 1. The van der Waals surface area contributed by atoms with E-state index in [2.05, 4.69) is 11.7 Å². The molecule has 0 saturated carbocycles. The van der Waals surface area contributed by atoms with Crippen LogP contribution in [0, 0.1) is 0 Å². The normalized spacial score (nSPS) is 8.58. The molecule has 14 nitrogen and oxygen atoms in total. The van der Waals surface area contributed by atoms with E-state index in [1.807, 2.05) is 0 Å². The zero-order valence-corrected chi connectivity index (χ0v) is 52.5. The van der Waals surface area contributed by atoms with Gasteiger partial charge in [-0.2, -0.15) is 0 Å². The minimum Gasteiger partial charge on any atom is -0.811 e. The van der Waals surface area contributed by atoms with Gasteiger partial charge in [0, 0.05) is 6.54 Å². The molecule has 0 spiro atoms. The molecule has 36 heavy (non-hydrogen) atoms. The van der Waals surface area contributed by atoms with E-state index in [0.717, 1.165) is 25.9 Å². The van der Waals surface area contributed by atoms with Crippen LogP contribution in [0.25, 0.3) is 0 Å². The van der Waals surface area contributed by atoms with Gasteiger partial charge in [-0.25, -0.2) is 0 Å². The Hall–Kier alpha value is 13.3. The Labute approximate surface area is 556 Å². The van der Waals surface area contributed by atoms with Crippen LogP contribution < -0.4 is 456 Å². The van der Waals surface area contributed by atoms with E-state index in [1.165, 1.54) is 6.42 Å². The molecule has 2 N–H and O–H groups in total. The Morgan fingerprint density at radius 3 is 0.806 bits per heavy atom. The quantitative estimate of drug-likeness (QED) is 0.117. The molecule has 176 valence electrons. The monoisotopic (exact) mass is 802 g/mol. The molecule has 0 radical (unpaired) electrons. The summed E-state index contributed by atoms with van der Waals surface area (Å²) in [6, 6.07) is 0. The van der Waals surface area contributed by atoms with E-state index in [4.69, 9.17) is 63.1 Å². The fourth-order valence-corrected chi connectivity index (χ4v) is 0.545. The zero-order chi connectivity index (χ0) is 24.2. The molecule has 0 aromatic heterocycles. The smallest absolute Gasteiger partial charge is 0.811 e. The Morgan fingerprint density at radius 1 is 0.528 bits per heavy atom. The fourth-order valence-electron chi connectivity index (χ4n) is 0.545. The van der Waals surface area contributed by atoms with E-state index in [0.29, 0.717) is 26.7 Å². The molecule has 0 fully saturated rings. The largest absolute Gasteiger partial charge is 1.00 e. The molecule has 0 aliphatic carbocycles. The van der Waals surface area contributed by atoms with Gasteiger partial charge in [-0.1, -0.05) is 36.8 Å². The Bertz CT molecular complexity index is 449. The van der Waals surface area contributed by atoms with Crippen LogP contribution in [0.2, 0.25) is 0 Å². The van der Waals surface area contributed by atoms with Crippen molar-refractivity contribution in [1.82, 2.24) is 0 Å². The van der Waals surface area contributed by atoms with Crippen molar-refractivity contribution in [3.63, 3.8) is 0 Å². The zero-order valence-electron chi connectivity index (χ0n) is 24.0. The van der Waals surface area contributed by atoms with Crippen molar-refractivity contribution in [2.45, 2.75) is 19.3 Å². The molecular weight excluding hydrogens is 777 g/mol. The first-order valence-electron chi connectivity index (χ1n) is 7.02. The van der Waals surface area contributed by atoms with Crippen LogP contribution in [0.1, 0.15) is 19.3 Å². The second kappa shape index (κ2) is 57.7. The molecular formula is C10H26K8N2O12P4. The van der Waals surface area contributed by atoms with Gasteiger partial charge >= 0.3 is 411 Å². The van der Waals surface area contributed by atoms with Crippen molar-refractivity contribution in [2.24, 2.45) is 10.7 Å². The van der Waals surface area contributed by atoms with E-state index < -0.39 is 30.4 Å². The minimum atomic E-state index is -4.14. The predicted molar refractivity (Wildman–Crippen MR) is 91.4 cm³/mol. The number of rotatable bonds is 5. The van der Waals surface area contributed by atoms with Crippen LogP contribution in [0.4, 0.5) is 0 Å². The third-order valence-electron chi connectivity index (χ3n) is 1.02. The summed E-state index contributed by atoms with van der Waals surface area (Å²) in [6.45, 7) is 7.60. The number of hydrogen-bond donors (Lipinski definition) is 1. The molecule has 0 aromatic rings. The fraction of sp³-hybridized carbons (Fsp3) is 0.900. The van der Waals surface area contributed by atoms with Crippen LogP contribution in [0.5, 0.6) is 0 Å². The molecule has 0 unspecified atom stereocenters. The maximum Gasteiger partial charge on any atom is 1.00 e. The molecule has 0 aliphatic heterocycles. The Kier molecular flexibility index (Phi) is 140. The van der Waals surface area contributed by atoms with Gasteiger partial charge in [-0.15, -0.1) is 0 Å². The summed E-state index contributed by atoms with van der Waals surface area (Å²) in [5.74, 6) is 0. The maximum atomic E-state index is 9.10. The van der Waals surface area contributed by atoms with E-state index in [1.54, 1.807) is 0 Å². The van der Waals surface area contributed by atoms with Crippen molar-refractivity contribution >= 4 is 37.1 Å². The van der Waals surface area contributed by atoms with Crippen LogP contribution >= 0.6 is 30.4 Å². The molecule has 0 amide bonds. The van der Waals surface area contributed by atoms with Gasteiger partial charge in [-0.05, 0) is 52.8 Å². The van der Waals surface area contributed by atoms with Crippen LogP contribution in [-0.2, 0) is 18.3 Å². The van der Waals surface area contributed by atoms with Crippen LogP contribution in [0.15, 0.2) is 4.99 Å². The van der Waals surface area contributed by atoms with Crippen LogP contribution in [0.3, 0.4) is 0 Å². The molecule has 0 heterocycles. The second-order valence-corrected chi connectivity index (χ2v) is 11.1. The van der Waals surface area contributed by atoms with Gasteiger partial charge in [0.15, 0.2) is 0 Å². The third-order valence-corrected chi connectivity index (χ3v) is 1.02. The molecule has 0 bridgehead atoms. The molecule has 0 saturated heterocycles. The number of unbranched alkanes of at least 4 members (excludes halogenated alkanes) is 2. The Balaban J connectivity index is -0.0000000160. The maximum absolute atomic E-state index is 9.10. The van der Waals surface area contributed by atoms with Crippen molar-refractivity contribution in [3.8, 4) is 0 Å². The summed E-state index contributed by atoms with van der Waals surface area (Å²) in [5.41, 5.74) is 5.26. The van der Waals surface area contributed by atoms with Gasteiger partial charge in [-0.3, -0.25) is 0 Å². The summed E-state index contributed by atoms with van der Waals surface area (Å²) >= 11 is 0. The number of aliphatic imine (C=N–C) groups is 1. The van der Waals surface area contributed by atoms with Crippen molar-refractivity contribution < 1.29 is 468 Å². The summed E-state index contributed by atoms with van der Waals surface area (Å²) in [4.78, 5) is 76.6. The molecule has 0 aliphatic rings. The van der Waals surface area contributed by atoms with Gasteiger partial charge in [0.25, 0.3) is 0 Å². The van der Waals surface area contributed by atoms with Gasteiger partial charge in [0.2, 0.25) is 0 Å². The standard InChI is InChI=1S/C6H14N2.4CH5O3P.8K/c1-8-6-4-2-3-5-7;4*1-5(2,3)4;;;;;;;;/h1-7H2;4*1H3,(H2,2,3,4);;;;;;;;/q;;;;;8*+1/p-8. The summed E-state index contributed by atoms with van der Waals surface area (Å²) in [6.07, 6.45) is 3.45. The molecule has 0 aromatic carbocycles. The Morgan fingerprint density at radius 2 is 0.694 bits per heavy atom. The SMILES string of the molecule is C=NCCCCCN.CP(=O)([O-])[O-].CP(=O)([O-])[O-].CP(=O)([O-])[O-].CP(=O)([O-])[O-].[K+].[K+].[K+].[K+].[K+].[K+].[K+].[K+]. The summed E-state index contributed by atoms with van der Waals surface area (Å²) < 4.78 is 36.4. The number of hydrogen-bond acceptors (Lipinski definition) is 14. The summed E-state index contributed by atoms with van der Waals surface area (Å²) in [5, 5.41) is 0. The second-order valence-electron chi connectivity index (χ2n) is 4.88. The first-order chi connectivity index (χ1) is 11.9. The predicted octanol–water partition coefficient (Wildman–Crippen LogP) is -29.0. The average molecular weight is 803 g/mol. The van der Waals surface area contributed by atoms with Crippen molar-refractivity contribution in [3.05, 3.63) is 0 Å². The molecule has 26 heteroatoms.